The topological polar surface area (TPSA) is 132 Å². The standard InChI is InChI=1S/C23H31N5O4S/c1-13-8-14(2)19(33(30,31)27-16-6-7-20(32-12-16)23(4,5)29)9-17(13)18-10-25-22-21(24)26-15(3)11-28(18)22/h8-11,16,20,27,29H,6-7,12H2,1-5H3,(H2,24,26)/t16-,20?/m1/s1. The lowest BCUT2D eigenvalue weighted by Crippen LogP contribution is -2.48. The Kier molecular flexibility index (Phi) is 5.98. The number of sulfonamides is 1. The fraction of sp³-hybridized carbons (Fsp3) is 0.478. The average Bonchev–Trinajstić information content (AvgIpc) is 3.11. The van der Waals surface area contributed by atoms with E-state index in [0.717, 1.165) is 22.5 Å². The third kappa shape index (κ3) is 4.61. The quantitative estimate of drug-likeness (QED) is 0.519. The molecule has 0 saturated carbocycles. The van der Waals surface area contributed by atoms with Gasteiger partial charge in [0, 0.05) is 17.8 Å². The molecule has 3 heterocycles. The molecule has 0 amide bonds. The Morgan fingerprint density at radius 1 is 1.21 bits per heavy atom. The summed E-state index contributed by atoms with van der Waals surface area (Å²) in [6, 6.07) is 3.19. The monoisotopic (exact) mass is 473 g/mol. The van der Waals surface area contributed by atoms with E-state index in [4.69, 9.17) is 10.5 Å². The number of nitrogens with two attached hydrogens (primary N) is 1. The largest absolute Gasteiger partial charge is 0.388 e. The molecule has 0 bridgehead atoms. The van der Waals surface area contributed by atoms with Crippen LogP contribution in [0.25, 0.3) is 16.9 Å². The van der Waals surface area contributed by atoms with Gasteiger partial charge in [-0.05, 0) is 64.7 Å². The van der Waals surface area contributed by atoms with Crippen molar-refractivity contribution in [1.82, 2.24) is 19.1 Å². The number of nitrogen functional groups attached to an aromatic ring is 1. The fourth-order valence-corrected chi connectivity index (χ4v) is 5.93. The molecule has 178 valence electrons. The molecule has 1 aromatic carbocycles. The summed E-state index contributed by atoms with van der Waals surface area (Å²) in [5, 5.41) is 10.1. The highest BCUT2D eigenvalue weighted by atomic mass is 32.2. The maximum Gasteiger partial charge on any atom is 0.241 e. The van der Waals surface area contributed by atoms with Gasteiger partial charge in [-0.15, -0.1) is 0 Å². The number of aromatic nitrogens is 3. The zero-order chi connectivity index (χ0) is 24.1. The number of aryl methyl sites for hydroxylation is 3. The molecule has 1 unspecified atom stereocenters. The summed E-state index contributed by atoms with van der Waals surface area (Å²) in [4.78, 5) is 8.84. The second kappa shape index (κ2) is 8.35. The molecule has 4 rings (SSSR count). The normalized spacial score (nSPS) is 19.8. The Labute approximate surface area is 194 Å². The molecule has 0 radical (unpaired) electrons. The number of hydrogen-bond acceptors (Lipinski definition) is 7. The van der Waals surface area contributed by atoms with Crippen LogP contribution in [0.4, 0.5) is 5.82 Å². The molecule has 2 atom stereocenters. The van der Waals surface area contributed by atoms with Crippen LogP contribution in [-0.2, 0) is 14.8 Å². The van der Waals surface area contributed by atoms with Gasteiger partial charge >= 0.3 is 0 Å². The number of fused-ring (bicyclic) bond motifs is 1. The van der Waals surface area contributed by atoms with E-state index in [9.17, 15) is 13.5 Å². The molecule has 1 aliphatic heterocycles. The van der Waals surface area contributed by atoms with Gasteiger partial charge < -0.3 is 15.6 Å². The number of ether oxygens (including phenoxy) is 1. The summed E-state index contributed by atoms with van der Waals surface area (Å²) in [6.45, 7) is 9.18. The van der Waals surface area contributed by atoms with Crippen molar-refractivity contribution in [2.75, 3.05) is 12.3 Å². The fourth-order valence-electron chi connectivity index (χ4n) is 4.42. The van der Waals surface area contributed by atoms with Crippen molar-refractivity contribution >= 4 is 21.5 Å². The molecule has 1 saturated heterocycles. The minimum atomic E-state index is -3.80. The van der Waals surface area contributed by atoms with Crippen LogP contribution in [0.2, 0.25) is 0 Å². The summed E-state index contributed by atoms with van der Waals surface area (Å²) in [5.74, 6) is 0.321. The molecule has 1 aliphatic rings. The van der Waals surface area contributed by atoms with Crippen LogP contribution in [0.1, 0.15) is 43.5 Å². The molecule has 1 fully saturated rings. The minimum Gasteiger partial charge on any atom is -0.388 e. The van der Waals surface area contributed by atoms with E-state index in [1.807, 2.05) is 30.5 Å². The van der Waals surface area contributed by atoms with Crippen molar-refractivity contribution in [3.05, 3.63) is 41.3 Å². The first-order valence-electron chi connectivity index (χ1n) is 10.9. The van der Waals surface area contributed by atoms with Gasteiger partial charge in [0.05, 0.1) is 40.8 Å². The van der Waals surface area contributed by atoms with E-state index in [1.54, 1.807) is 33.0 Å². The number of rotatable bonds is 5. The maximum absolute atomic E-state index is 13.3. The van der Waals surface area contributed by atoms with E-state index < -0.39 is 15.6 Å². The van der Waals surface area contributed by atoms with Crippen LogP contribution in [0.3, 0.4) is 0 Å². The van der Waals surface area contributed by atoms with Crippen LogP contribution in [0.15, 0.2) is 29.4 Å². The van der Waals surface area contributed by atoms with Gasteiger partial charge in [0.1, 0.15) is 0 Å². The predicted molar refractivity (Wildman–Crippen MR) is 126 cm³/mol. The number of nitrogens with one attached hydrogen (secondary N) is 1. The van der Waals surface area contributed by atoms with E-state index >= 15 is 0 Å². The van der Waals surface area contributed by atoms with Crippen LogP contribution < -0.4 is 10.5 Å². The zero-order valence-electron chi connectivity index (χ0n) is 19.6. The highest BCUT2D eigenvalue weighted by Crippen LogP contribution is 2.31. The van der Waals surface area contributed by atoms with Gasteiger partial charge in [0.15, 0.2) is 11.5 Å². The summed E-state index contributed by atoms with van der Waals surface area (Å²) < 4.78 is 37.0. The van der Waals surface area contributed by atoms with Crippen molar-refractivity contribution in [3.63, 3.8) is 0 Å². The van der Waals surface area contributed by atoms with Crippen molar-refractivity contribution in [1.29, 1.82) is 0 Å². The molecular weight excluding hydrogens is 442 g/mol. The Balaban J connectivity index is 1.67. The van der Waals surface area contributed by atoms with E-state index in [2.05, 4.69) is 14.7 Å². The average molecular weight is 474 g/mol. The molecule has 0 spiro atoms. The lowest BCUT2D eigenvalue weighted by Gasteiger charge is -2.36. The Morgan fingerprint density at radius 3 is 2.58 bits per heavy atom. The molecule has 0 aliphatic carbocycles. The molecule has 4 N–H and O–H groups in total. The van der Waals surface area contributed by atoms with Crippen molar-refractivity contribution < 1.29 is 18.3 Å². The van der Waals surface area contributed by atoms with Gasteiger partial charge in [-0.3, -0.25) is 4.40 Å². The molecule has 3 aromatic rings. The lowest BCUT2D eigenvalue weighted by atomic mass is 9.93. The third-order valence-corrected chi connectivity index (χ3v) is 7.77. The summed E-state index contributed by atoms with van der Waals surface area (Å²) in [6.07, 6.45) is 4.36. The van der Waals surface area contributed by atoms with Crippen LogP contribution >= 0.6 is 0 Å². The smallest absolute Gasteiger partial charge is 0.241 e. The maximum atomic E-state index is 13.3. The van der Waals surface area contributed by atoms with Crippen molar-refractivity contribution in [2.24, 2.45) is 0 Å². The van der Waals surface area contributed by atoms with Crippen LogP contribution in [-0.4, -0.2) is 52.2 Å². The molecule has 9 nitrogen and oxygen atoms in total. The van der Waals surface area contributed by atoms with Crippen molar-refractivity contribution in [2.45, 2.75) is 70.1 Å². The van der Waals surface area contributed by atoms with Gasteiger partial charge in [-0.1, -0.05) is 6.07 Å². The van der Waals surface area contributed by atoms with Crippen molar-refractivity contribution in [3.8, 4) is 11.3 Å². The van der Waals surface area contributed by atoms with Gasteiger partial charge in [0.25, 0.3) is 0 Å². The highest BCUT2D eigenvalue weighted by Gasteiger charge is 2.34. The second-order valence-electron chi connectivity index (χ2n) is 9.41. The van der Waals surface area contributed by atoms with Crippen LogP contribution in [0.5, 0.6) is 0 Å². The summed E-state index contributed by atoms with van der Waals surface area (Å²) >= 11 is 0. The summed E-state index contributed by atoms with van der Waals surface area (Å²) in [5.41, 5.74) is 9.40. The SMILES string of the molecule is Cc1cn2c(-c3cc(S(=O)(=O)N[C@@H]4CCC(C(C)(C)O)OC4)c(C)cc3C)cnc2c(N)n1. The van der Waals surface area contributed by atoms with E-state index in [1.165, 1.54) is 0 Å². The second-order valence-corrected chi connectivity index (χ2v) is 11.1. The number of anilines is 1. The Hall–Kier alpha value is -2.53. The third-order valence-electron chi connectivity index (χ3n) is 6.11. The molecular formula is C23H31N5O4S. The number of benzene rings is 1. The van der Waals surface area contributed by atoms with Crippen LogP contribution in [0, 0.1) is 20.8 Å². The first-order chi connectivity index (χ1) is 15.4. The molecule has 10 heteroatoms. The number of nitrogens with zero attached hydrogens (tertiary/aromatic N) is 3. The van der Waals surface area contributed by atoms with Gasteiger partial charge in [-0.2, -0.15) is 0 Å². The molecule has 2 aromatic heterocycles. The number of imidazole rings is 1. The molecule has 33 heavy (non-hydrogen) atoms. The summed E-state index contributed by atoms with van der Waals surface area (Å²) in [7, 11) is -3.80. The Bertz CT molecular complexity index is 1300. The van der Waals surface area contributed by atoms with Gasteiger partial charge in [-0.25, -0.2) is 23.1 Å². The van der Waals surface area contributed by atoms with Gasteiger partial charge in [0.2, 0.25) is 10.0 Å². The first kappa shape index (κ1) is 23.6. The predicted octanol–water partition coefficient (Wildman–Crippen LogP) is 2.50. The van der Waals surface area contributed by atoms with E-state index in [0.29, 0.717) is 29.9 Å². The zero-order valence-corrected chi connectivity index (χ0v) is 20.4. The number of hydrogen-bond donors (Lipinski definition) is 3. The Morgan fingerprint density at radius 2 is 1.94 bits per heavy atom. The highest BCUT2D eigenvalue weighted by molar-refractivity contribution is 7.89. The van der Waals surface area contributed by atoms with E-state index in [-0.39, 0.29) is 23.6 Å². The minimum absolute atomic E-state index is 0.210. The lowest BCUT2D eigenvalue weighted by molar-refractivity contribution is -0.113. The first-order valence-corrected chi connectivity index (χ1v) is 12.4. The number of aliphatic hydroxyl groups is 1.